The predicted molar refractivity (Wildman–Crippen MR) is 74.3 cm³/mol. The Balaban J connectivity index is 2.44. The summed E-state index contributed by atoms with van der Waals surface area (Å²) < 4.78 is 28.2. The van der Waals surface area contributed by atoms with E-state index in [9.17, 15) is 18.7 Å². The number of benzene rings is 1. The summed E-state index contributed by atoms with van der Waals surface area (Å²) in [6.07, 6.45) is -0.116. The van der Waals surface area contributed by atoms with Crippen LogP contribution in [-0.2, 0) is 0 Å². The number of urea groups is 1. The molecule has 0 fully saturated rings. The summed E-state index contributed by atoms with van der Waals surface area (Å²) in [6.45, 7) is 0.962. The Kier molecular flexibility index (Phi) is 6.87. The number of carbonyl (C=O) groups is 1. The van der Waals surface area contributed by atoms with Gasteiger partial charge in [0.15, 0.2) is 0 Å². The minimum absolute atomic E-state index is 0.0171. The molecule has 2 atom stereocenters. The normalized spacial score (nSPS) is 13.6. The molecule has 0 spiro atoms. The summed E-state index contributed by atoms with van der Waals surface area (Å²) in [5, 5.41) is 15.1. The topological polar surface area (TPSA) is 70.6 Å². The zero-order valence-electron chi connectivity index (χ0n) is 12.0. The van der Waals surface area contributed by atoms with Crippen molar-refractivity contribution in [3.63, 3.8) is 0 Å². The first-order chi connectivity index (χ1) is 9.92. The zero-order valence-corrected chi connectivity index (χ0v) is 12.0. The van der Waals surface area contributed by atoms with Crippen LogP contribution in [-0.4, -0.2) is 30.3 Å². The SMILES string of the molecule is CCC(C)NC(=O)NCC(O)c1ccc(OC(F)F)cc1. The Morgan fingerprint density at radius 2 is 1.95 bits per heavy atom. The van der Waals surface area contributed by atoms with Crippen LogP contribution in [0.2, 0.25) is 0 Å². The van der Waals surface area contributed by atoms with Gasteiger partial charge in [-0.15, -0.1) is 0 Å². The van der Waals surface area contributed by atoms with Crippen molar-refractivity contribution in [2.45, 2.75) is 39.0 Å². The second kappa shape index (κ2) is 8.41. The first-order valence-corrected chi connectivity index (χ1v) is 6.69. The van der Waals surface area contributed by atoms with Crippen molar-refractivity contribution in [3.05, 3.63) is 29.8 Å². The van der Waals surface area contributed by atoms with Gasteiger partial charge < -0.3 is 20.5 Å². The summed E-state index contributed by atoms with van der Waals surface area (Å²) in [4.78, 5) is 11.5. The highest BCUT2D eigenvalue weighted by Crippen LogP contribution is 2.18. The van der Waals surface area contributed by atoms with Crippen LogP contribution in [0.5, 0.6) is 5.75 Å². The molecule has 0 aliphatic heterocycles. The Labute approximate surface area is 122 Å². The smallest absolute Gasteiger partial charge is 0.387 e. The van der Waals surface area contributed by atoms with Crippen LogP contribution in [0.4, 0.5) is 13.6 Å². The maximum Gasteiger partial charge on any atom is 0.387 e. The van der Waals surface area contributed by atoms with Crippen molar-refractivity contribution in [1.82, 2.24) is 10.6 Å². The molecule has 2 unspecified atom stereocenters. The third-order valence-corrected chi connectivity index (χ3v) is 2.94. The number of amides is 2. The van der Waals surface area contributed by atoms with Crippen molar-refractivity contribution >= 4 is 6.03 Å². The highest BCUT2D eigenvalue weighted by Gasteiger charge is 2.11. The molecular formula is C14H20F2N2O3. The number of rotatable bonds is 7. The van der Waals surface area contributed by atoms with Gasteiger partial charge in [0, 0.05) is 12.6 Å². The fourth-order valence-electron chi connectivity index (χ4n) is 1.56. The minimum atomic E-state index is -2.88. The average Bonchev–Trinajstić information content (AvgIpc) is 2.44. The van der Waals surface area contributed by atoms with Gasteiger partial charge in [-0.1, -0.05) is 19.1 Å². The lowest BCUT2D eigenvalue weighted by Crippen LogP contribution is -2.41. The van der Waals surface area contributed by atoms with E-state index in [1.54, 1.807) is 0 Å². The molecule has 3 N–H and O–H groups in total. The maximum atomic E-state index is 12.0. The molecule has 0 bridgehead atoms. The number of nitrogens with one attached hydrogen (secondary N) is 2. The van der Waals surface area contributed by atoms with Crippen LogP contribution in [0.1, 0.15) is 31.9 Å². The van der Waals surface area contributed by atoms with E-state index in [1.165, 1.54) is 24.3 Å². The van der Waals surface area contributed by atoms with Crippen molar-refractivity contribution in [2.75, 3.05) is 6.54 Å². The number of ether oxygens (including phenoxy) is 1. The quantitative estimate of drug-likeness (QED) is 0.724. The molecule has 118 valence electrons. The van der Waals surface area contributed by atoms with Crippen LogP contribution < -0.4 is 15.4 Å². The number of aliphatic hydroxyl groups is 1. The number of hydrogen-bond donors (Lipinski definition) is 3. The largest absolute Gasteiger partial charge is 0.435 e. The predicted octanol–water partition coefficient (Wildman–Crippen LogP) is 2.42. The third-order valence-electron chi connectivity index (χ3n) is 2.94. The molecule has 2 amide bonds. The monoisotopic (exact) mass is 302 g/mol. The van der Waals surface area contributed by atoms with Gasteiger partial charge in [0.1, 0.15) is 5.75 Å². The van der Waals surface area contributed by atoms with Crippen molar-refractivity contribution in [2.24, 2.45) is 0 Å². The lowest BCUT2D eigenvalue weighted by Gasteiger charge is -2.15. The Morgan fingerprint density at radius 3 is 2.48 bits per heavy atom. The number of aliphatic hydroxyl groups excluding tert-OH is 1. The van der Waals surface area contributed by atoms with E-state index in [1.807, 2.05) is 13.8 Å². The lowest BCUT2D eigenvalue weighted by atomic mass is 10.1. The van der Waals surface area contributed by atoms with Crippen LogP contribution in [0, 0.1) is 0 Å². The van der Waals surface area contributed by atoms with Gasteiger partial charge in [-0.2, -0.15) is 8.78 Å². The molecule has 0 aromatic heterocycles. The van der Waals surface area contributed by atoms with E-state index in [0.717, 1.165) is 6.42 Å². The Bertz CT molecular complexity index is 440. The van der Waals surface area contributed by atoms with Gasteiger partial charge in [-0.3, -0.25) is 0 Å². The van der Waals surface area contributed by atoms with Gasteiger partial charge >= 0.3 is 12.6 Å². The fourth-order valence-corrected chi connectivity index (χ4v) is 1.56. The van der Waals surface area contributed by atoms with E-state index in [0.29, 0.717) is 5.56 Å². The van der Waals surface area contributed by atoms with E-state index < -0.39 is 12.7 Å². The molecule has 21 heavy (non-hydrogen) atoms. The summed E-state index contributed by atoms with van der Waals surface area (Å²) in [7, 11) is 0. The molecule has 0 radical (unpaired) electrons. The summed E-state index contributed by atoms with van der Waals surface area (Å²) in [5.74, 6) is 0.0171. The average molecular weight is 302 g/mol. The van der Waals surface area contributed by atoms with E-state index in [-0.39, 0.29) is 24.4 Å². The first-order valence-electron chi connectivity index (χ1n) is 6.69. The molecule has 1 aromatic rings. The van der Waals surface area contributed by atoms with Crippen LogP contribution in [0.15, 0.2) is 24.3 Å². The van der Waals surface area contributed by atoms with Gasteiger partial charge in [-0.25, -0.2) is 4.79 Å². The number of halogens is 2. The van der Waals surface area contributed by atoms with Gasteiger partial charge in [0.2, 0.25) is 0 Å². The molecule has 7 heteroatoms. The lowest BCUT2D eigenvalue weighted by molar-refractivity contribution is -0.0498. The number of carbonyl (C=O) groups excluding carboxylic acids is 1. The standard InChI is InChI=1S/C14H20F2N2O3/c1-3-9(2)18-14(20)17-8-12(19)10-4-6-11(7-5-10)21-13(15)16/h4-7,9,12-13,19H,3,8H2,1-2H3,(H2,17,18,20). The van der Waals surface area contributed by atoms with Crippen molar-refractivity contribution in [1.29, 1.82) is 0 Å². The second-order valence-corrected chi connectivity index (χ2v) is 4.63. The van der Waals surface area contributed by atoms with Gasteiger partial charge in [-0.05, 0) is 31.0 Å². The van der Waals surface area contributed by atoms with Crippen molar-refractivity contribution < 1.29 is 23.4 Å². The molecule has 0 aliphatic carbocycles. The Hall–Kier alpha value is -1.89. The number of hydrogen-bond acceptors (Lipinski definition) is 3. The third kappa shape index (κ3) is 6.40. The Morgan fingerprint density at radius 1 is 1.33 bits per heavy atom. The summed E-state index contributed by atoms with van der Waals surface area (Å²) >= 11 is 0. The maximum absolute atomic E-state index is 12.0. The second-order valence-electron chi connectivity index (χ2n) is 4.63. The first kappa shape index (κ1) is 17.2. The molecule has 0 heterocycles. The van der Waals surface area contributed by atoms with Crippen LogP contribution >= 0.6 is 0 Å². The molecule has 1 aromatic carbocycles. The van der Waals surface area contributed by atoms with Crippen LogP contribution in [0.25, 0.3) is 0 Å². The molecule has 1 rings (SSSR count). The van der Waals surface area contributed by atoms with Gasteiger partial charge in [0.25, 0.3) is 0 Å². The molecular weight excluding hydrogens is 282 g/mol. The molecule has 5 nitrogen and oxygen atoms in total. The molecule has 0 saturated carbocycles. The number of alkyl halides is 2. The van der Waals surface area contributed by atoms with Crippen LogP contribution in [0.3, 0.4) is 0 Å². The molecule has 0 aliphatic rings. The fraction of sp³-hybridized carbons (Fsp3) is 0.500. The van der Waals surface area contributed by atoms with E-state index in [4.69, 9.17) is 0 Å². The van der Waals surface area contributed by atoms with Crippen molar-refractivity contribution in [3.8, 4) is 5.75 Å². The van der Waals surface area contributed by atoms with Gasteiger partial charge in [0.05, 0.1) is 6.10 Å². The zero-order chi connectivity index (χ0) is 15.8. The summed E-state index contributed by atoms with van der Waals surface area (Å²) in [5.41, 5.74) is 0.500. The minimum Gasteiger partial charge on any atom is -0.435 e. The highest BCUT2D eigenvalue weighted by molar-refractivity contribution is 5.74. The summed E-state index contributed by atoms with van der Waals surface area (Å²) in [6, 6.07) is 5.30. The van der Waals surface area contributed by atoms with E-state index in [2.05, 4.69) is 15.4 Å². The molecule has 0 saturated heterocycles. The van der Waals surface area contributed by atoms with E-state index >= 15 is 0 Å². The highest BCUT2D eigenvalue weighted by atomic mass is 19.3.